The summed E-state index contributed by atoms with van der Waals surface area (Å²) in [6.07, 6.45) is 0. The molecule has 3 rings (SSSR count). The van der Waals surface area contributed by atoms with Gasteiger partial charge in [-0.1, -0.05) is 23.9 Å². The molecule has 2 aromatic carbocycles. The third-order valence-electron chi connectivity index (χ3n) is 3.54. The topological polar surface area (TPSA) is 107 Å². The Balaban J connectivity index is 1.87. The Morgan fingerprint density at radius 1 is 1.30 bits per heavy atom. The summed E-state index contributed by atoms with van der Waals surface area (Å²) in [4.78, 5) is 34.7. The Hall–Kier alpha value is -3.21. The van der Waals surface area contributed by atoms with Crippen LogP contribution >= 0.6 is 11.8 Å². The highest BCUT2D eigenvalue weighted by atomic mass is 32.2. The number of rotatable bonds is 6. The first-order chi connectivity index (χ1) is 12.8. The van der Waals surface area contributed by atoms with Gasteiger partial charge in [-0.25, -0.2) is 4.79 Å². The third kappa shape index (κ3) is 4.14. The van der Waals surface area contributed by atoms with E-state index >= 15 is 0 Å². The van der Waals surface area contributed by atoms with Crippen LogP contribution in [0.15, 0.2) is 56.6 Å². The van der Waals surface area contributed by atoms with Gasteiger partial charge in [0.1, 0.15) is 6.54 Å². The number of non-ortho nitro benzene ring substituents is 1. The maximum atomic E-state index is 12.6. The Bertz CT molecular complexity index is 1080. The van der Waals surface area contributed by atoms with Gasteiger partial charge in [-0.2, -0.15) is 8.78 Å². The van der Waals surface area contributed by atoms with Crippen LogP contribution < -0.4 is 11.1 Å². The molecule has 0 spiro atoms. The number of hydrogen-bond acceptors (Lipinski definition) is 6. The highest BCUT2D eigenvalue weighted by Crippen LogP contribution is 2.31. The third-order valence-corrected chi connectivity index (χ3v) is 4.33. The van der Waals surface area contributed by atoms with Gasteiger partial charge in [-0.15, -0.1) is 0 Å². The van der Waals surface area contributed by atoms with Crippen LogP contribution in [-0.2, 0) is 11.3 Å². The lowest BCUT2D eigenvalue weighted by Crippen LogP contribution is -2.25. The number of halogens is 2. The minimum Gasteiger partial charge on any atom is -0.408 e. The predicted octanol–water partition coefficient (Wildman–Crippen LogP) is 3.46. The molecular weight excluding hydrogens is 384 g/mol. The highest BCUT2D eigenvalue weighted by Gasteiger charge is 2.17. The molecule has 1 heterocycles. The van der Waals surface area contributed by atoms with Crippen LogP contribution in [0.5, 0.6) is 0 Å². The van der Waals surface area contributed by atoms with Crippen LogP contribution in [0.4, 0.5) is 20.2 Å². The van der Waals surface area contributed by atoms with Gasteiger partial charge < -0.3 is 9.73 Å². The number of carbonyl (C=O) groups excluding carboxylic acids is 1. The molecule has 0 aliphatic rings. The van der Waals surface area contributed by atoms with Gasteiger partial charge in [0.25, 0.3) is 11.4 Å². The van der Waals surface area contributed by atoms with Crippen LogP contribution in [0.1, 0.15) is 0 Å². The molecule has 0 unspecified atom stereocenters. The molecule has 0 bridgehead atoms. The summed E-state index contributed by atoms with van der Waals surface area (Å²) in [6, 6.07) is 9.54. The van der Waals surface area contributed by atoms with E-state index < -0.39 is 28.9 Å². The summed E-state index contributed by atoms with van der Waals surface area (Å²) < 4.78 is 31.1. The number of para-hydroxylation sites is 1. The number of benzene rings is 2. The van der Waals surface area contributed by atoms with Crippen molar-refractivity contribution in [3.63, 3.8) is 0 Å². The number of nitro benzene ring substituents is 1. The van der Waals surface area contributed by atoms with E-state index in [1.54, 1.807) is 12.1 Å². The molecule has 8 nitrogen and oxygen atoms in total. The van der Waals surface area contributed by atoms with E-state index in [0.717, 1.165) is 10.6 Å². The van der Waals surface area contributed by atoms with Crippen LogP contribution in [0.3, 0.4) is 0 Å². The van der Waals surface area contributed by atoms with Crippen LogP contribution in [0, 0.1) is 10.1 Å². The lowest BCUT2D eigenvalue weighted by molar-refractivity contribution is -0.384. The van der Waals surface area contributed by atoms with E-state index in [0.29, 0.717) is 0 Å². The van der Waals surface area contributed by atoms with E-state index in [4.69, 9.17) is 4.42 Å². The second kappa shape index (κ2) is 7.58. The number of nitro groups is 1. The number of alkyl halides is 2. The van der Waals surface area contributed by atoms with Crippen LogP contribution in [-0.4, -0.2) is 21.2 Å². The number of amides is 1. The molecule has 1 amide bonds. The number of aromatic nitrogens is 1. The van der Waals surface area contributed by atoms with Crippen molar-refractivity contribution in [1.82, 2.24) is 4.57 Å². The van der Waals surface area contributed by atoms with Gasteiger partial charge in [-0.05, 0) is 18.2 Å². The number of nitrogens with zero attached hydrogens (tertiary/aromatic N) is 2. The normalized spacial score (nSPS) is 11.1. The molecule has 0 aliphatic heterocycles. The van der Waals surface area contributed by atoms with E-state index in [2.05, 4.69) is 5.32 Å². The number of nitrogens with one attached hydrogen (secondary N) is 1. The summed E-state index contributed by atoms with van der Waals surface area (Å²) >= 11 is 0.276. The number of fused-ring (bicyclic) bond motifs is 1. The first-order valence-corrected chi connectivity index (χ1v) is 8.34. The predicted molar refractivity (Wildman–Crippen MR) is 94.1 cm³/mol. The van der Waals surface area contributed by atoms with E-state index in [1.165, 1.54) is 24.3 Å². The summed E-state index contributed by atoms with van der Waals surface area (Å²) in [5.41, 5.74) is 0.0717. The minimum absolute atomic E-state index is 0.0830. The maximum Gasteiger partial charge on any atom is 0.420 e. The molecule has 11 heteroatoms. The fourth-order valence-electron chi connectivity index (χ4n) is 2.42. The molecule has 3 aromatic rings. The average molecular weight is 395 g/mol. The molecule has 0 radical (unpaired) electrons. The van der Waals surface area contributed by atoms with Crippen molar-refractivity contribution < 1.29 is 22.9 Å². The van der Waals surface area contributed by atoms with Gasteiger partial charge in [0.15, 0.2) is 5.58 Å². The second-order valence-electron chi connectivity index (χ2n) is 5.29. The first kappa shape index (κ1) is 18.6. The number of oxazole rings is 1. The molecule has 0 atom stereocenters. The summed E-state index contributed by atoms with van der Waals surface area (Å²) in [5, 5.41) is 13.4. The van der Waals surface area contributed by atoms with Crippen LogP contribution in [0.2, 0.25) is 0 Å². The van der Waals surface area contributed by atoms with Gasteiger partial charge in [-0.3, -0.25) is 19.5 Å². The zero-order valence-corrected chi connectivity index (χ0v) is 14.2. The van der Waals surface area contributed by atoms with Crippen molar-refractivity contribution in [3.05, 3.63) is 63.1 Å². The lowest BCUT2D eigenvalue weighted by atomic mass is 10.3. The van der Waals surface area contributed by atoms with Gasteiger partial charge >= 0.3 is 5.76 Å². The zero-order chi connectivity index (χ0) is 19.6. The SMILES string of the molecule is O=C(Cn1c(=O)oc2ccc([N+](=O)[O-])cc21)Nc1ccccc1SC(F)F. The van der Waals surface area contributed by atoms with E-state index in [1.807, 2.05) is 0 Å². The van der Waals surface area contributed by atoms with E-state index in [9.17, 15) is 28.5 Å². The molecule has 27 heavy (non-hydrogen) atoms. The smallest absolute Gasteiger partial charge is 0.408 e. The van der Waals surface area contributed by atoms with Crippen molar-refractivity contribution in [2.24, 2.45) is 0 Å². The van der Waals surface area contributed by atoms with E-state index in [-0.39, 0.29) is 39.1 Å². The fourth-order valence-corrected chi connectivity index (χ4v) is 3.01. The Labute approximate surface area is 153 Å². The van der Waals surface area contributed by atoms with Gasteiger partial charge in [0.05, 0.1) is 16.1 Å². The maximum absolute atomic E-state index is 12.6. The Kier molecular flexibility index (Phi) is 5.21. The van der Waals surface area contributed by atoms with Crippen molar-refractivity contribution >= 4 is 40.1 Å². The summed E-state index contributed by atoms with van der Waals surface area (Å²) in [6.45, 7) is -0.499. The number of carbonyl (C=O) groups is 1. The van der Waals surface area contributed by atoms with Gasteiger partial charge in [0, 0.05) is 17.0 Å². The fraction of sp³-hybridized carbons (Fsp3) is 0.125. The highest BCUT2D eigenvalue weighted by molar-refractivity contribution is 7.99. The lowest BCUT2D eigenvalue weighted by Gasteiger charge is -2.10. The molecule has 0 saturated heterocycles. The van der Waals surface area contributed by atoms with Crippen molar-refractivity contribution in [3.8, 4) is 0 Å². The van der Waals surface area contributed by atoms with Gasteiger partial charge in [0.2, 0.25) is 5.91 Å². The second-order valence-corrected chi connectivity index (χ2v) is 6.32. The monoisotopic (exact) mass is 395 g/mol. The number of hydrogen-bond donors (Lipinski definition) is 1. The first-order valence-electron chi connectivity index (χ1n) is 7.46. The minimum atomic E-state index is -2.66. The molecular formula is C16H11F2N3O5S. The Morgan fingerprint density at radius 3 is 2.74 bits per heavy atom. The zero-order valence-electron chi connectivity index (χ0n) is 13.4. The molecule has 0 saturated carbocycles. The summed E-state index contributed by atoms with van der Waals surface area (Å²) in [7, 11) is 0. The number of thioether (sulfide) groups is 1. The molecule has 1 aromatic heterocycles. The molecule has 0 aliphatic carbocycles. The largest absolute Gasteiger partial charge is 0.420 e. The molecule has 1 N–H and O–H groups in total. The standard InChI is InChI=1S/C16H11F2N3O5S/c17-15(18)27-13-4-2-1-3-10(13)19-14(22)8-20-11-7-9(21(24)25)5-6-12(11)26-16(20)23/h1-7,15H,8H2,(H,19,22). The van der Waals surface area contributed by atoms with Crippen LogP contribution in [0.25, 0.3) is 11.1 Å². The quantitative estimate of drug-likeness (QED) is 0.389. The van der Waals surface area contributed by atoms with Crippen molar-refractivity contribution in [2.45, 2.75) is 17.2 Å². The number of anilines is 1. The summed E-state index contributed by atoms with van der Waals surface area (Å²) in [5.74, 6) is -4.20. The van der Waals surface area contributed by atoms with Crippen molar-refractivity contribution in [1.29, 1.82) is 0 Å². The molecule has 140 valence electrons. The Morgan fingerprint density at radius 2 is 2.04 bits per heavy atom. The molecule has 0 fully saturated rings. The average Bonchev–Trinajstić information content (AvgIpc) is 2.91. The van der Waals surface area contributed by atoms with Crippen molar-refractivity contribution in [2.75, 3.05) is 5.32 Å².